The molecule has 2 fully saturated rings. The minimum Gasteiger partial charge on any atom is -0.343 e. The zero-order valence-electron chi connectivity index (χ0n) is 12.0. The van der Waals surface area contributed by atoms with Crippen LogP contribution in [-0.4, -0.2) is 55.5 Å². The van der Waals surface area contributed by atoms with Crippen molar-refractivity contribution >= 4 is 15.9 Å². The summed E-state index contributed by atoms with van der Waals surface area (Å²) in [5.41, 5.74) is 0. The summed E-state index contributed by atoms with van der Waals surface area (Å²) in [5.74, 6) is 0.706. The first-order valence-corrected chi connectivity index (χ1v) is 8.55. The van der Waals surface area contributed by atoms with Gasteiger partial charge in [-0.3, -0.25) is 4.79 Å². The molecule has 2 rings (SSSR count). The summed E-state index contributed by atoms with van der Waals surface area (Å²) in [6, 6.07) is 0. The number of carbonyl (C=O) groups excluding carboxylic acids is 1. The van der Waals surface area contributed by atoms with Gasteiger partial charge >= 0.3 is 0 Å². The highest BCUT2D eigenvalue weighted by Crippen LogP contribution is 2.33. The van der Waals surface area contributed by atoms with Gasteiger partial charge in [0.1, 0.15) is 0 Å². The van der Waals surface area contributed by atoms with E-state index in [4.69, 9.17) is 0 Å². The molecule has 6 heteroatoms. The molecule has 2 aliphatic heterocycles. The number of sulfonamides is 1. The Morgan fingerprint density at radius 1 is 1.26 bits per heavy atom. The van der Waals surface area contributed by atoms with Gasteiger partial charge in [-0.2, -0.15) is 0 Å². The van der Waals surface area contributed by atoms with Crippen LogP contribution in [0.4, 0.5) is 0 Å². The highest BCUT2D eigenvalue weighted by molar-refractivity contribution is 7.90. The van der Waals surface area contributed by atoms with Crippen molar-refractivity contribution in [1.82, 2.24) is 9.21 Å². The first-order chi connectivity index (χ1) is 8.82. The van der Waals surface area contributed by atoms with Gasteiger partial charge in [0, 0.05) is 33.1 Å². The van der Waals surface area contributed by atoms with Crippen molar-refractivity contribution in [3.8, 4) is 0 Å². The molecule has 0 aromatic heterocycles. The lowest BCUT2D eigenvalue weighted by molar-refractivity contribution is -0.131. The average Bonchev–Trinajstić information content (AvgIpc) is 2.48. The molecule has 5 nitrogen and oxygen atoms in total. The van der Waals surface area contributed by atoms with Crippen LogP contribution in [0, 0.1) is 11.8 Å². The third-order valence-corrected chi connectivity index (χ3v) is 6.63. The lowest BCUT2D eigenvalue weighted by Gasteiger charge is -2.22. The standard InChI is InChI=1S/C13H24N2O3S/c1-10(2)8-13(16)15-6-4-11-9-14(3)19(17,18)12(11)5-7-15/h10-12H,4-9H2,1-3H3/t11-,12-/m0/s1. The maximum absolute atomic E-state index is 12.2. The number of hydrogen-bond acceptors (Lipinski definition) is 3. The fourth-order valence-corrected chi connectivity index (χ4v) is 5.11. The number of carbonyl (C=O) groups is 1. The molecule has 0 bridgehead atoms. The van der Waals surface area contributed by atoms with Crippen LogP contribution in [0.25, 0.3) is 0 Å². The van der Waals surface area contributed by atoms with E-state index in [-0.39, 0.29) is 17.1 Å². The van der Waals surface area contributed by atoms with Gasteiger partial charge in [0.25, 0.3) is 0 Å². The zero-order chi connectivity index (χ0) is 14.2. The molecule has 0 spiro atoms. The van der Waals surface area contributed by atoms with Crippen LogP contribution in [0.15, 0.2) is 0 Å². The van der Waals surface area contributed by atoms with Gasteiger partial charge in [-0.1, -0.05) is 13.8 Å². The number of likely N-dealkylation sites (tertiary alicyclic amines) is 1. The van der Waals surface area contributed by atoms with Crippen LogP contribution in [0.3, 0.4) is 0 Å². The van der Waals surface area contributed by atoms with E-state index in [0.29, 0.717) is 38.4 Å². The van der Waals surface area contributed by atoms with E-state index in [1.165, 1.54) is 4.31 Å². The van der Waals surface area contributed by atoms with Gasteiger partial charge in [0.15, 0.2) is 0 Å². The normalized spacial score (nSPS) is 31.3. The van der Waals surface area contributed by atoms with Gasteiger partial charge in [0.05, 0.1) is 5.25 Å². The van der Waals surface area contributed by atoms with E-state index in [9.17, 15) is 13.2 Å². The van der Waals surface area contributed by atoms with Crippen LogP contribution in [0.1, 0.15) is 33.1 Å². The molecule has 0 unspecified atom stereocenters. The minimum absolute atomic E-state index is 0.167. The smallest absolute Gasteiger partial charge is 0.222 e. The molecule has 110 valence electrons. The van der Waals surface area contributed by atoms with Crippen LogP contribution in [0.2, 0.25) is 0 Å². The average molecular weight is 288 g/mol. The van der Waals surface area contributed by atoms with Crippen LogP contribution in [0.5, 0.6) is 0 Å². The fraction of sp³-hybridized carbons (Fsp3) is 0.923. The van der Waals surface area contributed by atoms with E-state index in [0.717, 1.165) is 6.42 Å². The number of amides is 1. The molecule has 0 radical (unpaired) electrons. The van der Waals surface area contributed by atoms with E-state index in [2.05, 4.69) is 0 Å². The molecular weight excluding hydrogens is 264 g/mol. The molecule has 0 aromatic rings. The van der Waals surface area contributed by atoms with Crippen LogP contribution < -0.4 is 0 Å². The Bertz CT molecular complexity index is 447. The number of hydrogen-bond donors (Lipinski definition) is 0. The second kappa shape index (κ2) is 5.40. The molecule has 0 saturated carbocycles. The number of fused-ring (bicyclic) bond motifs is 1. The van der Waals surface area contributed by atoms with E-state index < -0.39 is 10.0 Å². The van der Waals surface area contributed by atoms with Gasteiger partial charge in [-0.15, -0.1) is 0 Å². The van der Waals surface area contributed by atoms with Crippen molar-refractivity contribution in [3.63, 3.8) is 0 Å². The summed E-state index contributed by atoms with van der Waals surface area (Å²) in [6.07, 6.45) is 1.95. The highest BCUT2D eigenvalue weighted by Gasteiger charge is 2.45. The summed E-state index contributed by atoms with van der Waals surface area (Å²) >= 11 is 0. The number of rotatable bonds is 2. The lowest BCUT2D eigenvalue weighted by Crippen LogP contribution is -2.34. The van der Waals surface area contributed by atoms with Gasteiger partial charge in [-0.25, -0.2) is 12.7 Å². The van der Waals surface area contributed by atoms with Crippen LogP contribution >= 0.6 is 0 Å². The van der Waals surface area contributed by atoms with Crippen molar-refractivity contribution in [2.24, 2.45) is 11.8 Å². The molecule has 0 aromatic carbocycles. The molecule has 2 atom stereocenters. The molecule has 0 N–H and O–H groups in total. The second-order valence-corrected chi connectivity index (χ2v) is 8.44. The minimum atomic E-state index is -3.13. The molecule has 2 heterocycles. The summed E-state index contributed by atoms with van der Waals surface area (Å²) in [7, 11) is -1.47. The predicted octanol–water partition coefficient (Wildman–Crippen LogP) is 0.915. The quantitative estimate of drug-likeness (QED) is 0.759. The molecular formula is C13H24N2O3S. The molecule has 2 aliphatic rings. The molecule has 19 heavy (non-hydrogen) atoms. The Labute approximate surface area is 116 Å². The Morgan fingerprint density at radius 3 is 2.53 bits per heavy atom. The third kappa shape index (κ3) is 2.94. The summed E-state index contributed by atoms with van der Waals surface area (Å²) in [4.78, 5) is 13.9. The topological polar surface area (TPSA) is 57.7 Å². The van der Waals surface area contributed by atoms with Crippen molar-refractivity contribution in [2.75, 3.05) is 26.7 Å². The molecule has 2 saturated heterocycles. The second-order valence-electron chi connectivity index (χ2n) is 6.18. The van der Waals surface area contributed by atoms with Gasteiger partial charge in [0.2, 0.25) is 15.9 Å². The van der Waals surface area contributed by atoms with Crippen molar-refractivity contribution < 1.29 is 13.2 Å². The zero-order valence-corrected chi connectivity index (χ0v) is 12.8. The predicted molar refractivity (Wildman–Crippen MR) is 74.1 cm³/mol. The first kappa shape index (κ1) is 14.8. The fourth-order valence-electron chi connectivity index (χ4n) is 3.13. The summed E-state index contributed by atoms with van der Waals surface area (Å²) in [6.45, 7) is 5.96. The highest BCUT2D eigenvalue weighted by atomic mass is 32.2. The summed E-state index contributed by atoms with van der Waals surface area (Å²) in [5, 5.41) is -0.283. The maximum atomic E-state index is 12.2. The molecule has 0 aliphatic carbocycles. The van der Waals surface area contributed by atoms with Crippen molar-refractivity contribution in [1.29, 1.82) is 0 Å². The SMILES string of the molecule is CC(C)CC(=O)N1CC[C@H]2CN(C)S(=O)(=O)[C@H]2CC1. The van der Waals surface area contributed by atoms with Crippen molar-refractivity contribution in [2.45, 2.75) is 38.4 Å². The van der Waals surface area contributed by atoms with Crippen molar-refractivity contribution in [3.05, 3.63) is 0 Å². The van der Waals surface area contributed by atoms with Crippen LogP contribution in [-0.2, 0) is 14.8 Å². The Kier molecular flexibility index (Phi) is 4.20. The first-order valence-electron chi connectivity index (χ1n) is 7.05. The van der Waals surface area contributed by atoms with Gasteiger partial charge in [-0.05, 0) is 24.7 Å². The Balaban J connectivity index is 2.03. The van der Waals surface area contributed by atoms with E-state index >= 15 is 0 Å². The van der Waals surface area contributed by atoms with E-state index in [1.54, 1.807) is 7.05 Å². The largest absolute Gasteiger partial charge is 0.343 e. The third-order valence-electron chi connectivity index (χ3n) is 4.22. The Hall–Kier alpha value is -0.620. The van der Waals surface area contributed by atoms with Gasteiger partial charge < -0.3 is 4.90 Å². The lowest BCUT2D eigenvalue weighted by atomic mass is 10.0. The maximum Gasteiger partial charge on any atom is 0.222 e. The van der Waals surface area contributed by atoms with E-state index in [1.807, 2.05) is 18.7 Å². The number of nitrogens with zero attached hydrogens (tertiary/aromatic N) is 2. The molecule has 1 amide bonds. The Morgan fingerprint density at radius 2 is 1.89 bits per heavy atom. The summed E-state index contributed by atoms with van der Waals surface area (Å²) < 4.78 is 25.8. The monoisotopic (exact) mass is 288 g/mol.